The minimum absolute atomic E-state index is 0.144. The molecule has 3 rings (SSSR count). The standard InChI is InChI=1S/C20H21NO3/c1-23-18-8-9-19(20(13-18)24-2)21-16-10-15(11-17(22)12-16)14-6-4-3-5-7-14/h3-9,12-13,15,21H,10-11H2,1-2H3/t15-/m0/s1. The molecule has 24 heavy (non-hydrogen) atoms. The molecule has 0 spiro atoms. The summed E-state index contributed by atoms with van der Waals surface area (Å²) in [6.07, 6.45) is 3.04. The fraction of sp³-hybridized carbons (Fsp3) is 0.250. The van der Waals surface area contributed by atoms with Crippen LogP contribution in [0.4, 0.5) is 5.69 Å². The van der Waals surface area contributed by atoms with Gasteiger partial charge in [-0.05, 0) is 30.0 Å². The Morgan fingerprint density at radius 3 is 2.50 bits per heavy atom. The van der Waals surface area contributed by atoms with Crippen LogP contribution in [0, 0.1) is 0 Å². The minimum atomic E-state index is 0.144. The highest BCUT2D eigenvalue weighted by Gasteiger charge is 2.22. The Morgan fingerprint density at radius 1 is 1.00 bits per heavy atom. The summed E-state index contributed by atoms with van der Waals surface area (Å²) in [5.41, 5.74) is 2.93. The maximum absolute atomic E-state index is 12.1. The second-order valence-corrected chi connectivity index (χ2v) is 5.84. The highest BCUT2D eigenvalue weighted by molar-refractivity contribution is 5.92. The zero-order valence-corrected chi connectivity index (χ0v) is 13.9. The fourth-order valence-corrected chi connectivity index (χ4v) is 3.02. The number of hydrogen-bond donors (Lipinski definition) is 1. The summed E-state index contributed by atoms with van der Waals surface area (Å²) in [7, 11) is 3.24. The van der Waals surface area contributed by atoms with E-state index in [1.54, 1.807) is 20.3 Å². The van der Waals surface area contributed by atoms with Gasteiger partial charge in [0.15, 0.2) is 5.78 Å². The summed E-state index contributed by atoms with van der Waals surface area (Å²) in [5, 5.41) is 3.34. The second-order valence-electron chi connectivity index (χ2n) is 5.84. The van der Waals surface area contributed by atoms with Gasteiger partial charge in [0.1, 0.15) is 11.5 Å². The number of carbonyl (C=O) groups is 1. The van der Waals surface area contributed by atoms with Crippen LogP contribution in [-0.4, -0.2) is 20.0 Å². The third kappa shape index (κ3) is 3.59. The summed E-state index contributed by atoms with van der Waals surface area (Å²) in [4.78, 5) is 12.1. The van der Waals surface area contributed by atoms with E-state index in [1.165, 1.54) is 5.56 Å². The van der Waals surface area contributed by atoms with Crippen molar-refractivity contribution < 1.29 is 14.3 Å². The summed E-state index contributed by atoms with van der Waals surface area (Å²) >= 11 is 0. The quantitative estimate of drug-likeness (QED) is 0.898. The molecule has 4 nitrogen and oxygen atoms in total. The first kappa shape index (κ1) is 16.1. The van der Waals surface area contributed by atoms with Gasteiger partial charge in [-0.3, -0.25) is 4.79 Å². The molecule has 0 amide bonds. The number of nitrogens with one attached hydrogen (secondary N) is 1. The van der Waals surface area contributed by atoms with E-state index in [-0.39, 0.29) is 11.7 Å². The van der Waals surface area contributed by atoms with E-state index in [0.29, 0.717) is 12.2 Å². The number of allylic oxidation sites excluding steroid dienone is 2. The van der Waals surface area contributed by atoms with E-state index in [0.717, 1.165) is 23.6 Å². The number of anilines is 1. The molecular weight excluding hydrogens is 302 g/mol. The maximum atomic E-state index is 12.1. The molecule has 4 heteroatoms. The first-order valence-corrected chi connectivity index (χ1v) is 7.97. The number of rotatable bonds is 5. The fourth-order valence-electron chi connectivity index (χ4n) is 3.02. The molecule has 0 fully saturated rings. The molecule has 1 aliphatic rings. The van der Waals surface area contributed by atoms with Crippen molar-refractivity contribution in [3.63, 3.8) is 0 Å². The summed E-state index contributed by atoms with van der Waals surface area (Å²) in [6.45, 7) is 0. The smallest absolute Gasteiger partial charge is 0.158 e. The summed E-state index contributed by atoms with van der Waals surface area (Å²) in [6, 6.07) is 15.8. The van der Waals surface area contributed by atoms with Crippen molar-refractivity contribution in [3.05, 3.63) is 65.9 Å². The van der Waals surface area contributed by atoms with Gasteiger partial charge in [-0.15, -0.1) is 0 Å². The van der Waals surface area contributed by atoms with E-state index >= 15 is 0 Å². The summed E-state index contributed by atoms with van der Waals surface area (Å²) in [5.74, 6) is 1.76. The first-order chi connectivity index (χ1) is 11.7. The van der Waals surface area contributed by atoms with Crippen LogP contribution in [0.5, 0.6) is 11.5 Å². The monoisotopic (exact) mass is 323 g/mol. The lowest BCUT2D eigenvalue weighted by atomic mass is 9.85. The number of methoxy groups -OCH3 is 2. The van der Waals surface area contributed by atoms with E-state index in [1.807, 2.05) is 36.4 Å². The van der Waals surface area contributed by atoms with Gasteiger partial charge in [0.2, 0.25) is 0 Å². The van der Waals surface area contributed by atoms with Gasteiger partial charge < -0.3 is 14.8 Å². The molecule has 0 aromatic heterocycles. The normalized spacial score (nSPS) is 17.2. The van der Waals surface area contributed by atoms with Crippen molar-refractivity contribution in [3.8, 4) is 11.5 Å². The largest absolute Gasteiger partial charge is 0.497 e. The molecule has 0 bridgehead atoms. The maximum Gasteiger partial charge on any atom is 0.158 e. The molecular formula is C20H21NO3. The Morgan fingerprint density at radius 2 is 1.79 bits per heavy atom. The van der Waals surface area contributed by atoms with Crippen molar-refractivity contribution in [2.24, 2.45) is 0 Å². The van der Waals surface area contributed by atoms with Crippen LogP contribution < -0.4 is 14.8 Å². The number of ketones is 1. The Hall–Kier alpha value is -2.75. The van der Waals surface area contributed by atoms with Crippen molar-refractivity contribution in [2.45, 2.75) is 18.8 Å². The predicted octanol–water partition coefficient (Wildman–Crippen LogP) is 4.15. The third-order valence-electron chi connectivity index (χ3n) is 4.22. The van der Waals surface area contributed by atoms with Crippen LogP contribution in [0.25, 0.3) is 0 Å². The van der Waals surface area contributed by atoms with E-state index in [9.17, 15) is 4.79 Å². The van der Waals surface area contributed by atoms with Gasteiger partial charge in [-0.2, -0.15) is 0 Å². The molecule has 1 aliphatic carbocycles. The van der Waals surface area contributed by atoms with Crippen molar-refractivity contribution in [1.29, 1.82) is 0 Å². The van der Waals surface area contributed by atoms with E-state index in [2.05, 4.69) is 17.4 Å². The minimum Gasteiger partial charge on any atom is -0.497 e. The molecule has 0 radical (unpaired) electrons. The molecule has 0 aliphatic heterocycles. The lowest BCUT2D eigenvalue weighted by Crippen LogP contribution is -2.17. The lowest BCUT2D eigenvalue weighted by Gasteiger charge is -2.24. The van der Waals surface area contributed by atoms with Crippen LogP contribution in [0.3, 0.4) is 0 Å². The molecule has 0 unspecified atom stereocenters. The van der Waals surface area contributed by atoms with Gasteiger partial charge in [-0.1, -0.05) is 30.3 Å². The molecule has 2 aromatic rings. The summed E-state index contributed by atoms with van der Waals surface area (Å²) < 4.78 is 10.6. The highest BCUT2D eigenvalue weighted by Crippen LogP contribution is 2.35. The lowest BCUT2D eigenvalue weighted by molar-refractivity contribution is -0.115. The molecule has 1 N–H and O–H groups in total. The molecule has 124 valence electrons. The van der Waals surface area contributed by atoms with E-state index in [4.69, 9.17) is 9.47 Å². The second kappa shape index (κ2) is 7.21. The first-order valence-electron chi connectivity index (χ1n) is 7.97. The van der Waals surface area contributed by atoms with Gasteiger partial charge in [0.05, 0.1) is 19.9 Å². The molecule has 0 heterocycles. The van der Waals surface area contributed by atoms with Crippen LogP contribution in [-0.2, 0) is 4.79 Å². The Bertz CT molecular complexity index is 753. The highest BCUT2D eigenvalue weighted by atomic mass is 16.5. The number of benzene rings is 2. The van der Waals surface area contributed by atoms with Gasteiger partial charge in [0, 0.05) is 24.3 Å². The van der Waals surface area contributed by atoms with Gasteiger partial charge in [0.25, 0.3) is 0 Å². The average molecular weight is 323 g/mol. The molecule has 0 saturated heterocycles. The number of ether oxygens (including phenoxy) is 2. The van der Waals surface area contributed by atoms with Crippen LogP contribution >= 0.6 is 0 Å². The Balaban J connectivity index is 1.81. The number of hydrogen-bond acceptors (Lipinski definition) is 4. The van der Waals surface area contributed by atoms with Gasteiger partial charge in [-0.25, -0.2) is 0 Å². The topological polar surface area (TPSA) is 47.6 Å². The third-order valence-corrected chi connectivity index (χ3v) is 4.22. The molecule has 2 aromatic carbocycles. The molecule has 1 atom stereocenters. The SMILES string of the molecule is COc1ccc(NC2=CC(=O)C[C@@H](c3ccccc3)C2)c(OC)c1. The Labute approximate surface area is 142 Å². The van der Waals surface area contributed by atoms with Crippen molar-refractivity contribution >= 4 is 11.5 Å². The predicted molar refractivity (Wildman–Crippen MR) is 94.7 cm³/mol. The van der Waals surface area contributed by atoms with Crippen LogP contribution in [0.15, 0.2) is 60.3 Å². The average Bonchev–Trinajstić information content (AvgIpc) is 2.62. The van der Waals surface area contributed by atoms with E-state index < -0.39 is 0 Å². The zero-order chi connectivity index (χ0) is 16.9. The van der Waals surface area contributed by atoms with Crippen molar-refractivity contribution in [1.82, 2.24) is 0 Å². The van der Waals surface area contributed by atoms with Crippen LogP contribution in [0.1, 0.15) is 24.3 Å². The Kier molecular flexibility index (Phi) is 4.85. The van der Waals surface area contributed by atoms with Crippen LogP contribution in [0.2, 0.25) is 0 Å². The zero-order valence-electron chi connectivity index (χ0n) is 13.9. The molecule has 0 saturated carbocycles. The number of carbonyl (C=O) groups excluding carboxylic acids is 1. The van der Waals surface area contributed by atoms with Crippen molar-refractivity contribution in [2.75, 3.05) is 19.5 Å². The van der Waals surface area contributed by atoms with Gasteiger partial charge >= 0.3 is 0 Å².